The molecule has 8 heteroatoms. The molecule has 1 heterocycles. The lowest BCUT2D eigenvalue weighted by atomic mass is 9.96. The van der Waals surface area contributed by atoms with Gasteiger partial charge in [-0.25, -0.2) is 4.79 Å². The fourth-order valence-electron chi connectivity index (χ4n) is 3.88. The second-order valence-electron chi connectivity index (χ2n) is 7.99. The Balaban J connectivity index is 0.00000342. The molecule has 0 radical (unpaired) electrons. The third kappa shape index (κ3) is 6.29. The zero-order valence-electron chi connectivity index (χ0n) is 19.0. The molecule has 1 aromatic heterocycles. The maximum absolute atomic E-state index is 12.6. The van der Waals surface area contributed by atoms with Crippen molar-refractivity contribution in [2.24, 2.45) is 0 Å². The minimum Gasteiger partial charge on any atom is -0.421 e. The van der Waals surface area contributed by atoms with Crippen molar-refractivity contribution >= 4 is 40.9 Å². The van der Waals surface area contributed by atoms with E-state index < -0.39 is 12.1 Å². The fourth-order valence-corrected chi connectivity index (χ4v) is 4.00. The number of rotatable bonds is 8. The first-order valence-corrected chi connectivity index (χ1v) is 11.4. The molecule has 4 rings (SSSR count). The number of pyridine rings is 1. The van der Waals surface area contributed by atoms with E-state index in [1.54, 1.807) is 42.5 Å². The number of hydrogen-bond acceptors (Lipinski definition) is 5. The molecule has 0 fully saturated rings. The zero-order chi connectivity index (χ0) is 24.1. The van der Waals surface area contributed by atoms with Crippen LogP contribution >= 0.6 is 24.0 Å². The second-order valence-corrected chi connectivity index (χ2v) is 8.42. The van der Waals surface area contributed by atoms with Crippen LogP contribution < -0.4 is 15.6 Å². The van der Waals surface area contributed by atoms with Crippen molar-refractivity contribution in [3.05, 3.63) is 111 Å². The molecule has 0 bridgehead atoms. The van der Waals surface area contributed by atoms with Crippen LogP contribution in [0.15, 0.2) is 83.7 Å². The number of hydrogen-bond donors (Lipinski definition) is 3. The van der Waals surface area contributed by atoms with Gasteiger partial charge in [-0.1, -0.05) is 54.9 Å². The molecule has 35 heavy (non-hydrogen) atoms. The number of aromatic nitrogens is 1. The molecule has 0 spiro atoms. The molecule has 2 unspecified atom stereocenters. The third-order valence-electron chi connectivity index (χ3n) is 5.72. The van der Waals surface area contributed by atoms with Crippen molar-refractivity contribution in [3.8, 4) is 5.75 Å². The summed E-state index contributed by atoms with van der Waals surface area (Å²) in [6, 6.07) is 22.4. The number of aliphatic hydroxyl groups excluding tert-OH is 1. The van der Waals surface area contributed by atoms with Crippen LogP contribution in [0.1, 0.15) is 40.9 Å². The van der Waals surface area contributed by atoms with Crippen LogP contribution in [0.2, 0.25) is 5.02 Å². The highest BCUT2D eigenvalue weighted by Crippen LogP contribution is 2.32. The summed E-state index contributed by atoms with van der Waals surface area (Å²) in [7, 11) is 0. The number of halogens is 2. The smallest absolute Gasteiger partial charge is 0.343 e. The molecule has 0 saturated carbocycles. The number of aliphatic hydroxyl groups is 1. The normalized spacial score (nSPS) is 12.5. The molecule has 3 N–H and O–H groups in total. The highest BCUT2D eigenvalue weighted by Gasteiger charge is 2.23. The monoisotopic (exact) mass is 512 g/mol. The molecule has 0 aliphatic heterocycles. The first kappa shape index (κ1) is 26.4. The molecule has 182 valence electrons. The summed E-state index contributed by atoms with van der Waals surface area (Å²) in [5.74, 6) is -0.374. The van der Waals surface area contributed by atoms with Crippen molar-refractivity contribution in [2.45, 2.75) is 32.0 Å². The summed E-state index contributed by atoms with van der Waals surface area (Å²) < 4.78 is 5.59. The van der Waals surface area contributed by atoms with Gasteiger partial charge >= 0.3 is 5.97 Å². The number of nitrogens with one attached hydrogen (secondary N) is 2. The van der Waals surface area contributed by atoms with Crippen LogP contribution in [0.5, 0.6) is 5.75 Å². The van der Waals surface area contributed by atoms with Gasteiger partial charge in [-0.2, -0.15) is 0 Å². The van der Waals surface area contributed by atoms with Crippen molar-refractivity contribution in [1.29, 1.82) is 0 Å². The van der Waals surface area contributed by atoms with E-state index >= 15 is 0 Å². The minimum absolute atomic E-state index is 0. The molecule has 0 aliphatic carbocycles. The number of carbonyl (C=O) groups excluding carboxylic acids is 1. The summed E-state index contributed by atoms with van der Waals surface area (Å²) in [4.78, 5) is 27.5. The lowest BCUT2D eigenvalue weighted by molar-refractivity contribution is 0.0736. The fraction of sp³-hybridized carbons (Fsp3) is 0.185. The predicted octanol–water partition coefficient (Wildman–Crippen LogP) is 5.42. The van der Waals surface area contributed by atoms with Crippen LogP contribution in [-0.4, -0.2) is 22.1 Å². The Bertz CT molecular complexity index is 1340. The van der Waals surface area contributed by atoms with Crippen LogP contribution in [0.3, 0.4) is 0 Å². The Morgan fingerprint density at radius 1 is 1.03 bits per heavy atom. The standard InChI is InChI=1S/C27H25ClN2O4.ClH/c1-2-22(29-16-17-6-4-3-5-7-17)26(32)21-12-14-23(25-20(21)13-15-24(31)30-25)34-27(33)18-8-10-19(28)11-9-18;/h3-15,22,26,29,32H,2,16H2,1H3,(H,30,31);1H. The quantitative estimate of drug-likeness (QED) is 0.216. The average Bonchev–Trinajstić information content (AvgIpc) is 2.85. The van der Waals surface area contributed by atoms with Crippen LogP contribution in [0, 0.1) is 0 Å². The van der Waals surface area contributed by atoms with Crippen LogP contribution in [0.4, 0.5) is 0 Å². The Hall–Kier alpha value is -3.16. The highest BCUT2D eigenvalue weighted by atomic mass is 35.5. The van der Waals surface area contributed by atoms with E-state index in [0.29, 0.717) is 40.0 Å². The van der Waals surface area contributed by atoms with Gasteiger partial charge < -0.3 is 20.1 Å². The number of fused-ring (bicyclic) bond motifs is 1. The lowest BCUT2D eigenvalue weighted by Gasteiger charge is -2.25. The van der Waals surface area contributed by atoms with E-state index in [9.17, 15) is 14.7 Å². The average molecular weight is 513 g/mol. The van der Waals surface area contributed by atoms with Crippen molar-refractivity contribution in [2.75, 3.05) is 0 Å². The second kappa shape index (κ2) is 12.0. The Labute approximate surface area is 214 Å². The molecule has 2 atom stereocenters. The molecular weight excluding hydrogens is 487 g/mol. The molecule has 6 nitrogen and oxygen atoms in total. The number of esters is 1. The van der Waals surface area contributed by atoms with Gasteiger partial charge in [-0.3, -0.25) is 4.79 Å². The summed E-state index contributed by atoms with van der Waals surface area (Å²) in [6.07, 6.45) is -0.158. The maximum atomic E-state index is 12.6. The SMILES string of the molecule is CCC(NCc1ccccc1)C(O)c1ccc(OC(=O)c2ccc(Cl)cc2)c2[nH]c(=O)ccc12.Cl. The number of H-pyrrole nitrogens is 1. The van der Waals surface area contributed by atoms with E-state index in [1.165, 1.54) is 6.07 Å². The highest BCUT2D eigenvalue weighted by molar-refractivity contribution is 6.30. The molecule has 4 aromatic rings. The molecular formula is C27H26Cl2N2O4. The minimum atomic E-state index is -0.844. The van der Waals surface area contributed by atoms with Gasteiger partial charge in [-0.15, -0.1) is 12.4 Å². The Morgan fingerprint density at radius 2 is 1.74 bits per heavy atom. The topological polar surface area (TPSA) is 91.4 Å². The third-order valence-corrected chi connectivity index (χ3v) is 5.98. The molecule has 0 saturated heterocycles. The van der Waals surface area contributed by atoms with Gasteiger partial charge in [0.2, 0.25) is 5.56 Å². The van der Waals surface area contributed by atoms with Crippen molar-refractivity contribution < 1.29 is 14.6 Å². The van der Waals surface area contributed by atoms with Crippen LogP contribution in [-0.2, 0) is 6.54 Å². The van der Waals surface area contributed by atoms with Gasteiger partial charge in [0, 0.05) is 29.1 Å². The Kier molecular flexibility index (Phi) is 9.07. The summed E-state index contributed by atoms with van der Waals surface area (Å²) in [5, 5.41) is 15.8. The summed E-state index contributed by atoms with van der Waals surface area (Å²) in [6.45, 7) is 2.61. The number of aromatic amines is 1. The number of ether oxygens (including phenoxy) is 1. The van der Waals surface area contributed by atoms with E-state index in [1.807, 2.05) is 37.3 Å². The van der Waals surface area contributed by atoms with Crippen molar-refractivity contribution in [3.63, 3.8) is 0 Å². The van der Waals surface area contributed by atoms with E-state index in [4.69, 9.17) is 16.3 Å². The van der Waals surface area contributed by atoms with Gasteiger partial charge in [-0.05, 0) is 53.9 Å². The molecule has 0 aliphatic rings. The van der Waals surface area contributed by atoms with Gasteiger partial charge in [0.15, 0.2) is 5.75 Å². The first-order chi connectivity index (χ1) is 16.5. The lowest BCUT2D eigenvalue weighted by Crippen LogP contribution is -2.34. The van der Waals surface area contributed by atoms with Crippen LogP contribution in [0.25, 0.3) is 10.9 Å². The summed E-state index contributed by atoms with van der Waals surface area (Å²) in [5.41, 5.74) is 2.09. The largest absolute Gasteiger partial charge is 0.421 e. The van der Waals surface area contributed by atoms with Gasteiger partial charge in [0.05, 0.1) is 17.2 Å². The number of benzene rings is 3. The Morgan fingerprint density at radius 3 is 2.43 bits per heavy atom. The maximum Gasteiger partial charge on any atom is 0.343 e. The predicted molar refractivity (Wildman–Crippen MR) is 141 cm³/mol. The zero-order valence-corrected chi connectivity index (χ0v) is 20.6. The molecule has 3 aromatic carbocycles. The first-order valence-electron chi connectivity index (χ1n) is 11.1. The van der Waals surface area contributed by atoms with Gasteiger partial charge in [0.1, 0.15) is 0 Å². The van der Waals surface area contributed by atoms with E-state index in [-0.39, 0.29) is 29.8 Å². The molecule has 0 amide bonds. The van der Waals surface area contributed by atoms with E-state index in [2.05, 4.69) is 10.3 Å². The number of carbonyl (C=O) groups is 1. The summed E-state index contributed by atoms with van der Waals surface area (Å²) >= 11 is 5.89. The van der Waals surface area contributed by atoms with Crippen molar-refractivity contribution in [1.82, 2.24) is 10.3 Å². The van der Waals surface area contributed by atoms with E-state index in [0.717, 1.165) is 5.56 Å². The van der Waals surface area contributed by atoms with Gasteiger partial charge in [0.25, 0.3) is 0 Å².